The lowest BCUT2D eigenvalue weighted by Crippen LogP contribution is -2.45. The van der Waals surface area contributed by atoms with Gasteiger partial charge >= 0.3 is 5.97 Å². The highest BCUT2D eigenvalue weighted by molar-refractivity contribution is 5.90. The Hall–Kier alpha value is -2.97. The summed E-state index contributed by atoms with van der Waals surface area (Å²) in [5.74, 6) is 2.29. The van der Waals surface area contributed by atoms with Crippen LogP contribution in [0, 0.1) is 18.3 Å². The Kier molecular flexibility index (Phi) is 11.4. The molecule has 1 aromatic heterocycles. The van der Waals surface area contributed by atoms with Gasteiger partial charge in [0.05, 0.1) is 71.2 Å². The third-order valence-corrected chi connectivity index (χ3v) is 6.56. The van der Waals surface area contributed by atoms with E-state index >= 15 is 0 Å². The molecule has 0 saturated heterocycles. The molecule has 37 heavy (non-hydrogen) atoms. The number of hydrogen-bond donors (Lipinski definition) is 0. The molecule has 0 spiro atoms. The predicted octanol–water partition coefficient (Wildman–Crippen LogP) is 2.72. The molecule has 2 aromatic rings. The van der Waals surface area contributed by atoms with E-state index in [1.54, 1.807) is 0 Å². The van der Waals surface area contributed by atoms with Crippen molar-refractivity contribution >= 4 is 11.7 Å². The molecule has 202 valence electrons. The third-order valence-electron chi connectivity index (χ3n) is 6.56. The Morgan fingerprint density at radius 2 is 1.76 bits per heavy atom. The highest BCUT2D eigenvalue weighted by Crippen LogP contribution is 2.43. The van der Waals surface area contributed by atoms with E-state index < -0.39 is 0 Å². The summed E-state index contributed by atoms with van der Waals surface area (Å²) in [4.78, 5) is 14.5. The SMILES string of the molecule is C#CCOCCOCCOCCOCc1cn([C@@H]2c3cc(C(=O)OC)ccc3N(C)[C@@H](CC)[C@H]2C)nn1. The molecular weight excluding hydrogens is 476 g/mol. The third kappa shape index (κ3) is 7.52. The fraction of sp³-hybridized carbons (Fsp3) is 0.593. The second-order valence-electron chi connectivity index (χ2n) is 8.88. The maximum absolute atomic E-state index is 12.2. The van der Waals surface area contributed by atoms with Crippen molar-refractivity contribution < 1.29 is 28.5 Å². The number of esters is 1. The molecule has 0 radical (unpaired) electrons. The molecule has 0 fully saturated rings. The fourth-order valence-corrected chi connectivity index (χ4v) is 4.79. The minimum atomic E-state index is -0.356. The van der Waals surface area contributed by atoms with Gasteiger partial charge in [0, 0.05) is 30.3 Å². The Morgan fingerprint density at radius 1 is 1.08 bits per heavy atom. The van der Waals surface area contributed by atoms with Gasteiger partial charge in [-0.2, -0.15) is 0 Å². The zero-order chi connectivity index (χ0) is 26.6. The van der Waals surface area contributed by atoms with Crippen LogP contribution in [0.1, 0.15) is 47.9 Å². The van der Waals surface area contributed by atoms with Gasteiger partial charge in [0.2, 0.25) is 0 Å². The molecule has 0 unspecified atom stereocenters. The summed E-state index contributed by atoms with van der Waals surface area (Å²) >= 11 is 0. The number of carbonyl (C=O) groups excluding carboxylic acids is 1. The predicted molar refractivity (Wildman–Crippen MR) is 139 cm³/mol. The van der Waals surface area contributed by atoms with Gasteiger partial charge in [-0.05, 0) is 24.6 Å². The van der Waals surface area contributed by atoms with E-state index in [1.807, 2.05) is 29.1 Å². The quantitative estimate of drug-likeness (QED) is 0.202. The number of hydrogen-bond acceptors (Lipinski definition) is 9. The Morgan fingerprint density at radius 3 is 2.41 bits per heavy atom. The second kappa shape index (κ2) is 14.7. The van der Waals surface area contributed by atoms with Crippen LogP contribution in [-0.4, -0.2) is 87.4 Å². The number of fused-ring (bicyclic) bond motifs is 1. The van der Waals surface area contributed by atoms with E-state index in [1.165, 1.54) is 7.11 Å². The molecule has 3 atom stereocenters. The van der Waals surface area contributed by atoms with Crippen molar-refractivity contribution in [3.05, 3.63) is 41.2 Å². The van der Waals surface area contributed by atoms with E-state index in [-0.39, 0.29) is 17.9 Å². The van der Waals surface area contributed by atoms with E-state index in [0.29, 0.717) is 64.5 Å². The van der Waals surface area contributed by atoms with Crippen molar-refractivity contribution in [2.24, 2.45) is 5.92 Å². The molecular formula is C27H38N4O6. The first-order valence-corrected chi connectivity index (χ1v) is 12.6. The van der Waals surface area contributed by atoms with E-state index in [2.05, 4.69) is 42.0 Å². The van der Waals surface area contributed by atoms with E-state index in [4.69, 9.17) is 30.1 Å². The van der Waals surface area contributed by atoms with Gasteiger partial charge < -0.3 is 28.6 Å². The minimum absolute atomic E-state index is 0.0673. The molecule has 1 aliphatic heterocycles. The number of aromatic nitrogens is 3. The molecule has 1 aliphatic rings. The Bertz CT molecular complexity index is 1040. The van der Waals surface area contributed by atoms with Gasteiger partial charge in [-0.1, -0.05) is 25.0 Å². The number of methoxy groups -OCH3 is 1. The number of anilines is 1. The van der Waals surface area contributed by atoms with Crippen LogP contribution in [0.25, 0.3) is 0 Å². The average molecular weight is 515 g/mol. The van der Waals surface area contributed by atoms with Crippen molar-refractivity contribution in [2.45, 2.75) is 39.0 Å². The zero-order valence-corrected chi connectivity index (χ0v) is 22.2. The van der Waals surface area contributed by atoms with Crippen LogP contribution < -0.4 is 4.90 Å². The second-order valence-corrected chi connectivity index (χ2v) is 8.88. The first-order valence-electron chi connectivity index (χ1n) is 12.6. The van der Waals surface area contributed by atoms with E-state index in [9.17, 15) is 4.79 Å². The van der Waals surface area contributed by atoms with Gasteiger partial charge in [0.25, 0.3) is 0 Å². The number of carbonyl (C=O) groups is 1. The lowest BCUT2D eigenvalue weighted by atomic mass is 9.81. The molecule has 0 amide bonds. The molecule has 10 heteroatoms. The van der Waals surface area contributed by atoms with Crippen LogP contribution in [0.3, 0.4) is 0 Å². The normalized spacial score (nSPS) is 18.9. The molecule has 0 aliphatic carbocycles. The van der Waals surface area contributed by atoms with Crippen LogP contribution in [0.4, 0.5) is 5.69 Å². The van der Waals surface area contributed by atoms with Crippen LogP contribution in [0.5, 0.6) is 0 Å². The zero-order valence-electron chi connectivity index (χ0n) is 22.2. The first kappa shape index (κ1) is 28.6. The lowest BCUT2D eigenvalue weighted by molar-refractivity contribution is -0.00164. The number of terminal acetylenes is 1. The maximum atomic E-state index is 12.2. The average Bonchev–Trinajstić information content (AvgIpc) is 3.37. The van der Waals surface area contributed by atoms with Crippen LogP contribution >= 0.6 is 0 Å². The smallest absolute Gasteiger partial charge is 0.337 e. The van der Waals surface area contributed by atoms with Crippen molar-refractivity contribution in [3.8, 4) is 12.3 Å². The minimum Gasteiger partial charge on any atom is -0.465 e. The monoisotopic (exact) mass is 514 g/mol. The highest BCUT2D eigenvalue weighted by atomic mass is 16.6. The van der Waals surface area contributed by atoms with Crippen LogP contribution in [0.15, 0.2) is 24.4 Å². The molecule has 2 heterocycles. The number of nitrogens with zero attached hydrogens (tertiary/aromatic N) is 4. The summed E-state index contributed by atoms with van der Waals surface area (Å²) in [5, 5.41) is 8.77. The molecule has 10 nitrogen and oxygen atoms in total. The van der Waals surface area contributed by atoms with Gasteiger partial charge in [0.1, 0.15) is 12.3 Å². The molecule has 0 saturated carbocycles. The molecule has 0 N–H and O–H groups in total. The fourth-order valence-electron chi connectivity index (χ4n) is 4.79. The Balaban J connectivity index is 1.53. The summed E-state index contributed by atoms with van der Waals surface area (Å²) in [5.41, 5.74) is 3.36. The summed E-state index contributed by atoms with van der Waals surface area (Å²) in [6.45, 7) is 7.85. The number of ether oxygens (including phenoxy) is 5. The van der Waals surface area contributed by atoms with Crippen molar-refractivity contribution in [3.63, 3.8) is 0 Å². The van der Waals surface area contributed by atoms with Crippen molar-refractivity contribution in [1.82, 2.24) is 15.0 Å². The van der Waals surface area contributed by atoms with Crippen molar-refractivity contribution in [2.75, 3.05) is 65.3 Å². The molecule has 1 aromatic carbocycles. The van der Waals surface area contributed by atoms with Gasteiger partial charge in [0.15, 0.2) is 0 Å². The summed E-state index contributed by atoms with van der Waals surface area (Å²) in [6, 6.07) is 5.96. The number of benzene rings is 1. The standard InChI is InChI=1S/C27H38N4O6/c1-6-10-34-11-12-35-13-14-36-15-16-37-19-22-18-31(29-28-22)26-20(3)24(7-2)30(4)25-9-8-21(17-23(25)26)27(32)33-5/h1,8-9,17-18,20,24,26H,7,10-16,19H2,2-5H3/t20-,24+,26+/m1/s1. The van der Waals surface area contributed by atoms with Gasteiger partial charge in [-0.25, -0.2) is 9.48 Å². The largest absolute Gasteiger partial charge is 0.465 e. The first-order chi connectivity index (χ1) is 18.0. The van der Waals surface area contributed by atoms with E-state index in [0.717, 1.165) is 23.4 Å². The maximum Gasteiger partial charge on any atom is 0.337 e. The lowest BCUT2D eigenvalue weighted by Gasteiger charge is -2.44. The van der Waals surface area contributed by atoms with Crippen LogP contribution in [0.2, 0.25) is 0 Å². The van der Waals surface area contributed by atoms with Gasteiger partial charge in [-0.3, -0.25) is 0 Å². The number of rotatable bonds is 15. The Labute approximate surface area is 219 Å². The molecule has 3 rings (SSSR count). The summed E-state index contributed by atoms with van der Waals surface area (Å²) in [7, 11) is 3.49. The summed E-state index contributed by atoms with van der Waals surface area (Å²) in [6.07, 6.45) is 8.01. The molecule has 0 bridgehead atoms. The van der Waals surface area contributed by atoms with Crippen LogP contribution in [-0.2, 0) is 30.3 Å². The topological polar surface area (TPSA) is 97.2 Å². The van der Waals surface area contributed by atoms with Gasteiger partial charge in [-0.15, -0.1) is 11.5 Å². The highest BCUT2D eigenvalue weighted by Gasteiger charge is 2.38. The summed E-state index contributed by atoms with van der Waals surface area (Å²) < 4.78 is 28.6. The van der Waals surface area contributed by atoms with Crippen molar-refractivity contribution in [1.29, 1.82) is 0 Å².